The molecule has 2 aliphatic rings. The van der Waals surface area contributed by atoms with Crippen LogP contribution in [0.2, 0.25) is 0 Å². The van der Waals surface area contributed by atoms with E-state index in [0.29, 0.717) is 18.5 Å². The average Bonchev–Trinajstić information content (AvgIpc) is 3.08. The Hall–Kier alpha value is -2.40. The molecule has 0 spiro atoms. The molecule has 1 atom stereocenters. The van der Waals surface area contributed by atoms with Gasteiger partial charge in [0.05, 0.1) is 5.56 Å². The van der Waals surface area contributed by atoms with Crippen molar-refractivity contribution < 1.29 is 9.90 Å². The van der Waals surface area contributed by atoms with Crippen molar-refractivity contribution in [2.45, 2.75) is 31.8 Å². The second-order valence-corrected chi connectivity index (χ2v) is 6.48. The van der Waals surface area contributed by atoms with Crippen LogP contribution < -0.4 is 5.32 Å². The van der Waals surface area contributed by atoms with Crippen LogP contribution in [0.3, 0.4) is 0 Å². The van der Waals surface area contributed by atoms with Gasteiger partial charge in [-0.05, 0) is 42.0 Å². The Morgan fingerprint density at radius 2 is 2.12 bits per heavy atom. The molecule has 1 aromatic heterocycles. The minimum atomic E-state index is 0.00477. The number of hydrogen-bond acceptors (Lipinski definition) is 4. The van der Waals surface area contributed by atoms with E-state index < -0.39 is 0 Å². The number of anilines is 1. The Balaban J connectivity index is 1.64. The summed E-state index contributed by atoms with van der Waals surface area (Å²) in [5, 5.41) is 12.6. The molecule has 1 amide bonds. The fourth-order valence-corrected chi connectivity index (χ4v) is 3.69. The van der Waals surface area contributed by atoms with Gasteiger partial charge in [-0.2, -0.15) is 0 Å². The molecule has 5 heteroatoms. The van der Waals surface area contributed by atoms with Gasteiger partial charge in [-0.3, -0.25) is 4.79 Å². The quantitative estimate of drug-likeness (QED) is 0.907. The predicted molar refractivity (Wildman–Crippen MR) is 91.9 cm³/mol. The largest absolute Gasteiger partial charge is 0.396 e. The van der Waals surface area contributed by atoms with Gasteiger partial charge in [-0.1, -0.05) is 24.3 Å². The molecule has 0 aliphatic carbocycles. The molecule has 2 N–H and O–H groups in total. The van der Waals surface area contributed by atoms with E-state index in [1.807, 2.05) is 23.1 Å². The van der Waals surface area contributed by atoms with Gasteiger partial charge >= 0.3 is 0 Å². The van der Waals surface area contributed by atoms with Crippen molar-refractivity contribution in [3.8, 4) is 0 Å². The molecule has 124 valence electrons. The van der Waals surface area contributed by atoms with Crippen molar-refractivity contribution in [1.29, 1.82) is 0 Å². The first kappa shape index (κ1) is 15.1. The number of aliphatic hydroxyl groups excluding tert-OH is 1. The third kappa shape index (κ3) is 2.65. The molecule has 5 nitrogen and oxygen atoms in total. The van der Waals surface area contributed by atoms with Crippen LogP contribution in [0.4, 0.5) is 5.82 Å². The molecule has 0 radical (unpaired) electrons. The number of aromatic nitrogens is 1. The molecule has 0 saturated heterocycles. The highest BCUT2D eigenvalue weighted by atomic mass is 16.3. The maximum absolute atomic E-state index is 13.1. The monoisotopic (exact) mass is 323 g/mol. The van der Waals surface area contributed by atoms with E-state index in [9.17, 15) is 9.90 Å². The molecule has 0 bridgehead atoms. The van der Waals surface area contributed by atoms with E-state index in [-0.39, 0.29) is 18.6 Å². The first-order valence-electron chi connectivity index (χ1n) is 8.47. The van der Waals surface area contributed by atoms with Gasteiger partial charge in [0.15, 0.2) is 0 Å². The molecule has 24 heavy (non-hydrogen) atoms. The second kappa shape index (κ2) is 6.24. The SMILES string of the molecule is O=C(c1cnc2c(c1)CCN2)N1Cc2ccccc2CC1CCO. The van der Waals surface area contributed by atoms with E-state index in [0.717, 1.165) is 30.8 Å². The van der Waals surface area contributed by atoms with Gasteiger partial charge < -0.3 is 15.3 Å². The summed E-state index contributed by atoms with van der Waals surface area (Å²) in [4.78, 5) is 19.4. The van der Waals surface area contributed by atoms with Crippen LogP contribution in [0.5, 0.6) is 0 Å². The number of rotatable bonds is 3. The summed E-state index contributed by atoms with van der Waals surface area (Å²) in [5.41, 5.74) is 4.21. The normalized spacial score (nSPS) is 18.7. The number of benzene rings is 1. The summed E-state index contributed by atoms with van der Waals surface area (Å²) in [5.74, 6) is 0.896. The van der Waals surface area contributed by atoms with Crippen molar-refractivity contribution in [3.63, 3.8) is 0 Å². The lowest BCUT2D eigenvalue weighted by Gasteiger charge is -2.37. The van der Waals surface area contributed by atoms with Crippen molar-refractivity contribution in [3.05, 3.63) is 58.8 Å². The maximum Gasteiger partial charge on any atom is 0.255 e. The fraction of sp³-hybridized carbons (Fsp3) is 0.368. The smallest absolute Gasteiger partial charge is 0.255 e. The molecule has 4 rings (SSSR count). The van der Waals surface area contributed by atoms with Crippen LogP contribution in [-0.4, -0.2) is 40.1 Å². The summed E-state index contributed by atoms with van der Waals surface area (Å²) in [6.45, 7) is 1.56. The molecule has 1 aromatic carbocycles. The zero-order valence-electron chi connectivity index (χ0n) is 13.5. The lowest BCUT2D eigenvalue weighted by molar-refractivity contribution is 0.0605. The van der Waals surface area contributed by atoms with Crippen LogP contribution in [-0.2, 0) is 19.4 Å². The lowest BCUT2D eigenvalue weighted by Crippen LogP contribution is -2.44. The van der Waals surface area contributed by atoms with E-state index in [1.165, 1.54) is 11.1 Å². The number of hydrogen-bond donors (Lipinski definition) is 2. The highest BCUT2D eigenvalue weighted by Crippen LogP contribution is 2.27. The topological polar surface area (TPSA) is 65.5 Å². The van der Waals surface area contributed by atoms with Gasteiger partial charge in [0.1, 0.15) is 5.82 Å². The van der Waals surface area contributed by atoms with Crippen LogP contribution in [0.1, 0.15) is 33.5 Å². The Kier molecular flexibility index (Phi) is 3.94. The van der Waals surface area contributed by atoms with Crippen molar-refractivity contribution >= 4 is 11.7 Å². The van der Waals surface area contributed by atoms with Crippen molar-refractivity contribution in [1.82, 2.24) is 9.88 Å². The Morgan fingerprint density at radius 1 is 1.29 bits per heavy atom. The first-order valence-corrected chi connectivity index (χ1v) is 8.47. The lowest BCUT2D eigenvalue weighted by atomic mass is 9.92. The summed E-state index contributed by atoms with van der Waals surface area (Å²) in [6, 6.07) is 10.2. The van der Waals surface area contributed by atoms with E-state index in [2.05, 4.69) is 22.4 Å². The number of carbonyl (C=O) groups excluding carboxylic acids is 1. The van der Waals surface area contributed by atoms with E-state index in [1.54, 1.807) is 6.20 Å². The molecule has 0 fully saturated rings. The Morgan fingerprint density at radius 3 is 2.96 bits per heavy atom. The number of nitrogens with zero attached hydrogens (tertiary/aromatic N) is 2. The number of amides is 1. The number of pyridine rings is 1. The second-order valence-electron chi connectivity index (χ2n) is 6.48. The Labute approximate surface area is 141 Å². The molecular formula is C19H21N3O2. The van der Waals surface area contributed by atoms with Gasteiger partial charge in [0.25, 0.3) is 5.91 Å². The molecule has 2 aromatic rings. The highest BCUT2D eigenvalue weighted by molar-refractivity contribution is 5.95. The number of aliphatic hydroxyl groups is 1. The molecule has 1 unspecified atom stereocenters. The van der Waals surface area contributed by atoms with Crippen LogP contribution in [0.25, 0.3) is 0 Å². The van der Waals surface area contributed by atoms with Gasteiger partial charge in [0, 0.05) is 31.9 Å². The molecular weight excluding hydrogens is 302 g/mol. The standard InChI is InChI=1S/C19H21N3O2/c23-8-6-17-10-13-3-1-2-4-15(13)12-22(17)19(24)16-9-14-5-7-20-18(14)21-11-16/h1-4,9,11,17,23H,5-8,10,12H2,(H,20,21). The van der Waals surface area contributed by atoms with E-state index >= 15 is 0 Å². The van der Waals surface area contributed by atoms with Gasteiger partial charge in [0.2, 0.25) is 0 Å². The molecule has 0 saturated carbocycles. The highest BCUT2D eigenvalue weighted by Gasteiger charge is 2.30. The minimum Gasteiger partial charge on any atom is -0.396 e. The summed E-state index contributed by atoms with van der Waals surface area (Å²) >= 11 is 0. The van der Waals surface area contributed by atoms with Crippen molar-refractivity contribution in [2.24, 2.45) is 0 Å². The molecule has 2 aliphatic heterocycles. The number of fused-ring (bicyclic) bond motifs is 2. The minimum absolute atomic E-state index is 0.00477. The maximum atomic E-state index is 13.1. The summed E-state index contributed by atoms with van der Waals surface area (Å²) in [6.07, 6.45) is 3.96. The van der Waals surface area contributed by atoms with Crippen LogP contribution in [0.15, 0.2) is 36.5 Å². The van der Waals surface area contributed by atoms with Crippen molar-refractivity contribution in [2.75, 3.05) is 18.5 Å². The zero-order valence-corrected chi connectivity index (χ0v) is 13.5. The molecule has 3 heterocycles. The third-order valence-corrected chi connectivity index (χ3v) is 4.98. The predicted octanol–water partition coefficient (Wildman–Crippen LogP) is 2.00. The zero-order chi connectivity index (χ0) is 16.5. The van der Waals surface area contributed by atoms with Gasteiger partial charge in [-0.25, -0.2) is 4.98 Å². The number of nitrogens with one attached hydrogen (secondary N) is 1. The number of carbonyl (C=O) groups is 1. The van der Waals surface area contributed by atoms with E-state index in [4.69, 9.17) is 0 Å². The first-order chi connectivity index (χ1) is 11.8. The van der Waals surface area contributed by atoms with Crippen LogP contribution >= 0.6 is 0 Å². The Bertz CT molecular complexity index is 775. The fourth-order valence-electron chi connectivity index (χ4n) is 3.69. The summed E-state index contributed by atoms with van der Waals surface area (Å²) in [7, 11) is 0. The average molecular weight is 323 g/mol. The summed E-state index contributed by atoms with van der Waals surface area (Å²) < 4.78 is 0. The third-order valence-electron chi connectivity index (χ3n) is 4.98. The van der Waals surface area contributed by atoms with Gasteiger partial charge in [-0.15, -0.1) is 0 Å². The van der Waals surface area contributed by atoms with Crippen LogP contribution in [0, 0.1) is 0 Å².